The summed E-state index contributed by atoms with van der Waals surface area (Å²) in [5.41, 5.74) is 0. The van der Waals surface area contributed by atoms with Crippen molar-refractivity contribution in [2.45, 2.75) is 98.2 Å². The first-order valence-electron chi connectivity index (χ1n) is 9.46. The maximum atomic E-state index is 6.26. The lowest BCUT2D eigenvalue weighted by molar-refractivity contribution is 0.323. The van der Waals surface area contributed by atoms with Gasteiger partial charge >= 0.3 is 0 Å². The maximum Gasteiger partial charge on any atom is 0.192 e. The minimum absolute atomic E-state index is 0.302. The van der Waals surface area contributed by atoms with Crippen LogP contribution in [-0.4, -0.2) is 14.9 Å². The minimum atomic E-state index is -1.60. The van der Waals surface area contributed by atoms with Crippen molar-refractivity contribution in [1.29, 1.82) is 0 Å². The fraction of sp³-hybridized carbons (Fsp3) is 0.900. The standard InChI is InChI=1S/C20H42OSi/c1-9-11-14-18(3)19(15-12-10-2)16-13-17-21-22(7,8)20(4,5)6/h13,16,18-19H,9-12,14-15,17H2,1-8H3/b16-13+/t18-,19+/m1/s1. The van der Waals surface area contributed by atoms with Crippen molar-refractivity contribution >= 4 is 8.32 Å². The summed E-state index contributed by atoms with van der Waals surface area (Å²) < 4.78 is 6.26. The molecule has 0 heterocycles. The van der Waals surface area contributed by atoms with Crippen molar-refractivity contribution in [1.82, 2.24) is 0 Å². The van der Waals surface area contributed by atoms with Crippen LogP contribution in [0.1, 0.15) is 80.1 Å². The van der Waals surface area contributed by atoms with Gasteiger partial charge in [-0.2, -0.15) is 0 Å². The van der Waals surface area contributed by atoms with Crippen molar-refractivity contribution in [2.24, 2.45) is 11.8 Å². The molecule has 0 fully saturated rings. The highest BCUT2D eigenvalue weighted by Crippen LogP contribution is 2.36. The van der Waals surface area contributed by atoms with Gasteiger partial charge < -0.3 is 4.43 Å². The van der Waals surface area contributed by atoms with Crippen molar-refractivity contribution in [3.63, 3.8) is 0 Å². The zero-order valence-corrected chi connectivity index (χ0v) is 17.7. The van der Waals surface area contributed by atoms with E-state index in [1.165, 1.54) is 38.5 Å². The Labute approximate surface area is 142 Å². The average Bonchev–Trinajstić information content (AvgIpc) is 2.42. The number of hydrogen-bond acceptors (Lipinski definition) is 1. The lowest BCUT2D eigenvalue weighted by Crippen LogP contribution is -2.40. The molecule has 0 amide bonds. The quantitative estimate of drug-likeness (QED) is 0.288. The monoisotopic (exact) mass is 326 g/mol. The minimum Gasteiger partial charge on any atom is -0.413 e. The average molecular weight is 327 g/mol. The second-order valence-corrected chi connectivity index (χ2v) is 13.2. The largest absolute Gasteiger partial charge is 0.413 e. The predicted octanol–water partition coefficient (Wildman–Crippen LogP) is 7.20. The van der Waals surface area contributed by atoms with Crippen LogP contribution in [0.4, 0.5) is 0 Å². The molecule has 1 nitrogen and oxygen atoms in total. The second-order valence-electron chi connectivity index (χ2n) is 8.43. The van der Waals surface area contributed by atoms with Crippen molar-refractivity contribution < 1.29 is 4.43 Å². The first-order valence-corrected chi connectivity index (χ1v) is 12.4. The van der Waals surface area contributed by atoms with E-state index in [1.54, 1.807) is 0 Å². The number of allylic oxidation sites excluding steroid dienone is 1. The van der Waals surface area contributed by atoms with Crippen LogP contribution < -0.4 is 0 Å². The van der Waals surface area contributed by atoms with Crippen LogP contribution in [0.5, 0.6) is 0 Å². The molecular weight excluding hydrogens is 284 g/mol. The molecule has 132 valence electrons. The Morgan fingerprint density at radius 2 is 1.55 bits per heavy atom. The molecule has 0 N–H and O–H groups in total. The van der Waals surface area contributed by atoms with Gasteiger partial charge in [0.2, 0.25) is 0 Å². The van der Waals surface area contributed by atoms with E-state index in [0.29, 0.717) is 5.04 Å². The Morgan fingerprint density at radius 1 is 1.00 bits per heavy atom. The molecule has 0 bridgehead atoms. The molecule has 0 aromatic rings. The Balaban J connectivity index is 4.46. The summed E-state index contributed by atoms with van der Waals surface area (Å²) in [6, 6.07) is 0. The van der Waals surface area contributed by atoms with Crippen LogP contribution in [0, 0.1) is 11.8 Å². The smallest absolute Gasteiger partial charge is 0.192 e. The molecule has 2 atom stereocenters. The molecule has 0 rings (SSSR count). The van der Waals surface area contributed by atoms with E-state index in [1.807, 2.05) is 0 Å². The Bertz CT molecular complexity index is 301. The van der Waals surface area contributed by atoms with Crippen LogP contribution in [-0.2, 0) is 4.43 Å². The summed E-state index contributed by atoms with van der Waals surface area (Å²) >= 11 is 0. The summed E-state index contributed by atoms with van der Waals surface area (Å²) in [5, 5.41) is 0.302. The summed E-state index contributed by atoms with van der Waals surface area (Å²) in [4.78, 5) is 0. The summed E-state index contributed by atoms with van der Waals surface area (Å²) in [6.07, 6.45) is 12.7. The molecule has 0 aliphatic carbocycles. The molecule has 2 heteroatoms. The fourth-order valence-electron chi connectivity index (χ4n) is 2.45. The van der Waals surface area contributed by atoms with Crippen LogP contribution in [0.15, 0.2) is 12.2 Å². The molecule has 0 saturated heterocycles. The third-order valence-corrected chi connectivity index (χ3v) is 9.87. The van der Waals surface area contributed by atoms with Crippen molar-refractivity contribution in [3.05, 3.63) is 12.2 Å². The van der Waals surface area contributed by atoms with Crippen LogP contribution >= 0.6 is 0 Å². The first-order chi connectivity index (χ1) is 10.2. The van der Waals surface area contributed by atoms with Crippen LogP contribution in [0.25, 0.3) is 0 Å². The van der Waals surface area contributed by atoms with Crippen molar-refractivity contribution in [2.75, 3.05) is 6.61 Å². The highest BCUT2D eigenvalue weighted by Gasteiger charge is 2.36. The second kappa shape index (κ2) is 10.6. The van der Waals surface area contributed by atoms with Gasteiger partial charge in [-0.3, -0.25) is 0 Å². The third kappa shape index (κ3) is 8.52. The summed E-state index contributed by atoms with van der Waals surface area (Å²) in [7, 11) is -1.60. The SMILES string of the molecule is CCCC[C@@H](C)[C@H](/C=C/CO[Si](C)(C)C(C)(C)C)CCCC. The normalized spacial score (nSPS) is 16.2. The van der Waals surface area contributed by atoms with Gasteiger partial charge in [-0.1, -0.05) is 85.8 Å². The highest BCUT2D eigenvalue weighted by molar-refractivity contribution is 6.74. The molecule has 0 saturated carbocycles. The molecule has 0 unspecified atom stereocenters. The van der Waals surface area contributed by atoms with Gasteiger partial charge in [0, 0.05) is 0 Å². The van der Waals surface area contributed by atoms with Gasteiger partial charge in [0.05, 0.1) is 6.61 Å². The van der Waals surface area contributed by atoms with Gasteiger partial charge in [-0.15, -0.1) is 0 Å². The molecule has 0 aliphatic rings. The molecule has 0 aromatic carbocycles. The van der Waals surface area contributed by atoms with E-state index < -0.39 is 8.32 Å². The molecule has 0 spiro atoms. The zero-order chi connectivity index (χ0) is 17.2. The Morgan fingerprint density at radius 3 is 2.05 bits per heavy atom. The fourth-order valence-corrected chi connectivity index (χ4v) is 3.40. The van der Waals surface area contributed by atoms with E-state index >= 15 is 0 Å². The number of rotatable bonds is 11. The van der Waals surface area contributed by atoms with Gasteiger partial charge in [-0.25, -0.2) is 0 Å². The number of unbranched alkanes of at least 4 members (excludes halogenated alkanes) is 2. The first kappa shape index (κ1) is 21.9. The van der Waals surface area contributed by atoms with Gasteiger partial charge in [-0.05, 0) is 36.4 Å². The van der Waals surface area contributed by atoms with Crippen LogP contribution in [0.2, 0.25) is 18.1 Å². The Kier molecular flexibility index (Phi) is 10.6. The highest BCUT2D eigenvalue weighted by atomic mass is 28.4. The summed E-state index contributed by atoms with van der Waals surface area (Å²) in [6.45, 7) is 19.4. The number of hydrogen-bond donors (Lipinski definition) is 0. The van der Waals surface area contributed by atoms with E-state index in [2.05, 4.69) is 66.8 Å². The van der Waals surface area contributed by atoms with E-state index in [9.17, 15) is 0 Å². The molecule has 0 radical (unpaired) electrons. The lowest BCUT2D eigenvalue weighted by atomic mass is 9.85. The molecule has 22 heavy (non-hydrogen) atoms. The Hall–Kier alpha value is -0.0831. The topological polar surface area (TPSA) is 9.23 Å². The maximum absolute atomic E-state index is 6.26. The van der Waals surface area contributed by atoms with E-state index in [0.717, 1.165) is 18.4 Å². The zero-order valence-electron chi connectivity index (χ0n) is 16.7. The molecular formula is C20H42OSi. The van der Waals surface area contributed by atoms with E-state index in [4.69, 9.17) is 4.43 Å². The molecule has 0 aromatic heterocycles. The van der Waals surface area contributed by atoms with Gasteiger partial charge in [0.15, 0.2) is 8.32 Å². The summed E-state index contributed by atoms with van der Waals surface area (Å²) in [5.74, 6) is 1.53. The van der Waals surface area contributed by atoms with E-state index in [-0.39, 0.29) is 0 Å². The molecule has 0 aliphatic heterocycles. The van der Waals surface area contributed by atoms with Crippen LogP contribution in [0.3, 0.4) is 0 Å². The van der Waals surface area contributed by atoms with Gasteiger partial charge in [0.25, 0.3) is 0 Å². The predicted molar refractivity (Wildman–Crippen MR) is 104 cm³/mol. The van der Waals surface area contributed by atoms with Crippen molar-refractivity contribution in [3.8, 4) is 0 Å². The third-order valence-electron chi connectivity index (χ3n) is 5.36. The van der Waals surface area contributed by atoms with Gasteiger partial charge in [0.1, 0.15) is 0 Å². The lowest BCUT2D eigenvalue weighted by Gasteiger charge is -2.35.